The Morgan fingerprint density at radius 2 is 1.72 bits per heavy atom. The number of pyridine rings is 1. The summed E-state index contributed by atoms with van der Waals surface area (Å²) in [6.45, 7) is 3.51. The molecule has 2 aromatic heterocycles. The van der Waals surface area contributed by atoms with Gasteiger partial charge in [-0.15, -0.1) is 0 Å². The monoisotopic (exact) mass is 339 g/mol. The van der Waals surface area contributed by atoms with Gasteiger partial charge in [-0.1, -0.05) is 0 Å². The Labute approximate surface area is 146 Å². The minimum Gasteiger partial charge on any atom is -0.367 e. The van der Waals surface area contributed by atoms with Gasteiger partial charge in [0.1, 0.15) is 5.82 Å². The molecule has 0 aromatic carbocycles. The Morgan fingerprint density at radius 1 is 1.00 bits per heavy atom. The van der Waals surface area contributed by atoms with Gasteiger partial charge in [0.05, 0.1) is 11.9 Å². The molecular formula is C17H21N7O. The minimum absolute atomic E-state index is 0.181. The number of aromatic nitrogens is 3. The van der Waals surface area contributed by atoms with Crippen molar-refractivity contribution in [3.05, 3.63) is 36.8 Å². The highest BCUT2D eigenvalue weighted by Gasteiger charge is 2.23. The SMILES string of the molecule is O=C(Nc1ccc(N2CCN(c3ncccn3)CC2)cn1)NC1CC1. The molecule has 4 rings (SSSR count). The van der Waals surface area contributed by atoms with Crippen LogP contribution in [0.5, 0.6) is 0 Å². The van der Waals surface area contributed by atoms with E-state index in [9.17, 15) is 4.79 Å². The van der Waals surface area contributed by atoms with Gasteiger partial charge in [0.25, 0.3) is 0 Å². The fourth-order valence-corrected chi connectivity index (χ4v) is 2.83. The molecule has 1 saturated carbocycles. The first kappa shape index (κ1) is 15.6. The van der Waals surface area contributed by atoms with E-state index in [0.717, 1.165) is 50.7 Å². The second-order valence-electron chi connectivity index (χ2n) is 6.30. The highest BCUT2D eigenvalue weighted by molar-refractivity contribution is 5.88. The number of carbonyl (C=O) groups is 1. The number of urea groups is 1. The number of anilines is 3. The van der Waals surface area contributed by atoms with E-state index >= 15 is 0 Å². The summed E-state index contributed by atoms with van der Waals surface area (Å²) < 4.78 is 0. The lowest BCUT2D eigenvalue weighted by Crippen LogP contribution is -2.47. The van der Waals surface area contributed by atoms with Crippen LogP contribution in [0.1, 0.15) is 12.8 Å². The summed E-state index contributed by atoms with van der Waals surface area (Å²) in [5.74, 6) is 1.35. The summed E-state index contributed by atoms with van der Waals surface area (Å²) in [4.78, 5) is 29.1. The third-order valence-electron chi connectivity index (χ3n) is 4.38. The fourth-order valence-electron chi connectivity index (χ4n) is 2.83. The summed E-state index contributed by atoms with van der Waals surface area (Å²) in [6, 6.07) is 5.82. The molecule has 8 nitrogen and oxygen atoms in total. The first-order valence-corrected chi connectivity index (χ1v) is 8.58. The number of piperazine rings is 1. The van der Waals surface area contributed by atoms with Crippen molar-refractivity contribution < 1.29 is 4.79 Å². The van der Waals surface area contributed by atoms with Crippen LogP contribution in [0.15, 0.2) is 36.8 Å². The zero-order chi connectivity index (χ0) is 17.1. The predicted molar refractivity (Wildman–Crippen MR) is 95.9 cm³/mol. The van der Waals surface area contributed by atoms with Gasteiger partial charge >= 0.3 is 6.03 Å². The maximum absolute atomic E-state index is 11.7. The first-order chi connectivity index (χ1) is 12.3. The molecule has 3 heterocycles. The molecule has 0 atom stereocenters. The number of nitrogens with one attached hydrogen (secondary N) is 2. The molecule has 1 saturated heterocycles. The molecule has 1 aliphatic carbocycles. The summed E-state index contributed by atoms with van der Waals surface area (Å²) in [7, 11) is 0. The smallest absolute Gasteiger partial charge is 0.320 e. The lowest BCUT2D eigenvalue weighted by atomic mass is 10.3. The number of nitrogens with zero attached hydrogens (tertiary/aromatic N) is 5. The Kier molecular flexibility index (Phi) is 4.32. The van der Waals surface area contributed by atoms with Crippen molar-refractivity contribution in [2.24, 2.45) is 0 Å². The molecule has 2 aromatic rings. The number of hydrogen-bond donors (Lipinski definition) is 2. The van der Waals surface area contributed by atoms with E-state index in [-0.39, 0.29) is 6.03 Å². The number of rotatable bonds is 4. The summed E-state index contributed by atoms with van der Waals surface area (Å²) in [5.41, 5.74) is 1.06. The molecule has 25 heavy (non-hydrogen) atoms. The van der Waals surface area contributed by atoms with Crippen molar-refractivity contribution in [1.29, 1.82) is 0 Å². The van der Waals surface area contributed by atoms with Gasteiger partial charge < -0.3 is 15.1 Å². The third-order valence-corrected chi connectivity index (χ3v) is 4.38. The van der Waals surface area contributed by atoms with E-state index < -0.39 is 0 Å². The van der Waals surface area contributed by atoms with E-state index in [2.05, 4.69) is 35.4 Å². The van der Waals surface area contributed by atoms with Crippen LogP contribution in [0.3, 0.4) is 0 Å². The maximum atomic E-state index is 11.7. The first-order valence-electron chi connectivity index (χ1n) is 8.58. The zero-order valence-electron chi connectivity index (χ0n) is 13.9. The summed E-state index contributed by atoms with van der Waals surface area (Å²) in [6.07, 6.45) is 7.48. The Morgan fingerprint density at radius 3 is 2.36 bits per heavy atom. The largest absolute Gasteiger partial charge is 0.367 e. The average Bonchev–Trinajstić information content (AvgIpc) is 3.47. The van der Waals surface area contributed by atoms with Crippen molar-refractivity contribution in [3.8, 4) is 0 Å². The van der Waals surface area contributed by atoms with Crippen molar-refractivity contribution >= 4 is 23.5 Å². The van der Waals surface area contributed by atoms with Crippen LogP contribution < -0.4 is 20.4 Å². The fraction of sp³-hybridized carbons (Fsp3) is 0.412. The number of amides is 2. The van der Waals surface area contributed by atoms with E-state index in [1.165, 1.54) is 0 Å². The van der Waals surface area contributed by atoms with Gasteiger partial charge in [0, 0.05) is 44.6 Å². The minimum atomic E-state index is -0.181. The average molecular weight is 339 g/mol. The highest BCUT2D eigenvalue weighted by Crippen LogP contribution is 2.20. The van der Waals surface area contributed by atoms with Crippen molar-refractivity contribution in [1.82, 2.24) is 20.3 Å². The van der Waals surface area contributed by atoms with Crippen molar-refractivity contribution in [2.45, 2.75) is 18.9 Å². The topological polar surface area (TPSA) is 86.3 Å². The summed E-state index contributed by atoms with van der Waals surface area (Å²) in [5, 5.41) is 5.65. The molecule has 2 N–H and O–H groups in total. The standard InChI is InChI=1S/C17H21N7O/c25-17(21-13-2-3-13)22-15-5-4-14(12-20-15)23-8-10-24(11-9-23)16-18-6-1-7-19-16/h1,4-7,12-13H,2-3,8-11H2,(H2,20,21,22,25). The molecule has 0 unspecified atom stereocenters. The molecule has 2 amide bonds. The van der Waals surface area contributed by atoms with E-state index in [1.54, 1.807) is 18.6 Å². The van der Waals surface area contributed by atoms with Crippen LogP contribution >= 0.6 is 0 Å². The molecule has 1 aliphatic heterocycles. The van der Waals surface area contributed by atoms with Crippen molar-refractivity contribution in [2.75, 3.05) is 41.3 Å². The highest BCUT2D eigenvalue weighted by atomic mass is 16.2. The lowest BCUT2D eigenvalue weighted by Gasteiger charge is -2.35. The van der Waals surface area contributed by atoms with Gasteiger partial charge in [-0.05, 0) is 31.0 Å². The molecule has 0 bridgehead atoms. The van der Waals surface area contributed by atoms with E-state index in [4.69, 9.17) is 0 Å². The van der Waals surface area contributed by atoms with Gasteiger partial charge in [-0.3, -0.25) is 5.32 Å². The van der Waals surface area contributed by atoms with Crippen LogP contribution in [0.2, 0.25) is 0 Å². The zero-order valence-corrected chi connectivity index (χ0v) is 13.9. The van der Waals surface area contributed by atoms with Gasteiger partial charge in [0.15, 0.2) is 0 Å². The molecule has 0 spiro atoms. The van der Waals surface area contributed by atoms with Crippen LogP contribution in [-0.2, 0) is 0 Å². The molecule has 2 fully saturated rings. The second-order valence-corrected chi connectivity index (χ2v) is 6.30. The maximum Gasteiger partial charge on any atom is 0.320 e. The molecule has 0 radical (unpaired) electrons. The predicted octanol–water partition coefficient (Wildman–Crippen LogP) is 1.48. The molecule has 130 valence electrons. The van der Waals surface area contributed by atoms with Crippen LogP contribution in [0.4, 0.5) is 22.2 Å². The molecular weight excluding hydrogens is 318 g/mol. The normalized spacial score (nSPS) is 17.3. The Bertz CT molecular complexity index is 710. The Hall–Kier alpha value is -2.90. The van der Waals surface area contributed by atoms with E-state index in [0.29, 0.717) is 11.9 Å². The number of hydrogen-bond acceptors (Lipinski definition) is 6. The Balaban J connectivity index is 1.31. The van der Waals surface area contributed by atoms with Crippen LogP contribution in [0.25, 0.3) is 0 Å². The molecule has 8 heteroatoms. The number of carbonyl (C=O) groups excluding carboxylic acids is 1. The van der Waals surface area contributed by atoms with Gasteiger partial charge in [-0.25, -0.2) is 19.7 Å². The molecule has 2 aliphatic rings. The summed E-state index contributed by atoms with van der Waals surface area (Å²) >= 11 is 0. The van der Waals surface area contributed by atoms with Gasteiger partial charge in [0.2, 0.25) is 5.95 Å². The second kappa shape index (κ2) is 6.92. The van der Waals surface area contributed by atoms with E-state index in [1.807, 2.05) is 18.2 Å². The van der Waals surface area contributed by atoms with Crippen LogP contribution in [-0.4, -0.2) is 53.2 Å². The lowest BCUT2D eigenvalue weighted by molar-refractivity contribution is 0.251. The quantitative estimate of drug-likeness (QED) is 0.877. The van der Waals surface area contributed by atoms with Crippen molar-refractivity contribution in [3.63, 3.8) is 0 Å². The third kappa shape index (κ3) is 3.96. The van der Waals surface area contributed by atoms with Crippen LogP contribution in [0, 0.1) is 0 Å². The van der Waals surface area contributed by atoms with Gasteiger partial charge in [-0.2, -0.15) is 0 Å².